The molecule has 27 heavy (non-hydrogen) atoms. The number of fused-ring (bicyclic) bond motifs is 1. The Kier molecular flexibility index (Phi) is 5.11. The van der Waals surface area contributed by atoms with Gasteiger partial charge in [-0.25, -0.2) is 0 Å². The summed E-state index contributed by atoms with van der Waals surface area (Å²) in [5.74, 6) is 0.582. The summed E-state index contributed by atoms with van der Waals surface area (Å²) in [6, 6.07) is 11.7. The van der Waals surface area contributed by atoms with Crippen LogP contribution in [-0.2, 0) is 11.3 Å². The van der Waals surface area contributed by atoms with Crippen LogP contribution in [0.3, 0.4) is 0 Å². The number of benzene rings is 2. The highest BCUT2D eigenvalue weighted by molar-refractivity contribution is 5.88. The van der Waals surface area contributed by atoms with Gasteiger partial charge in [-0.05, 0) is 48.0 Å². The molecule has 2 aromatic carbocycles. The summed E-state index contributed by atoms with van der Waals surface area (Å²) >= 11 is 0. The number of nitrogens with zero attached hydrogens (tertiary/aromatic N) is 4. The number of tetrazole rings is 1. The number of carbonyl (C=O) groups excluding carboxylic acids is 1. The van der Waals surface area contributed by atoms with E-state index in [1.165, 1.54) is 4.79 Å². The monoisotopic (exact) mass is 369 g/mol. The summed E-state index contributed by atoms with van der Waals surface area (Å²) < 4.78 is 5.81. The second-order valence-electron chi connectivity index (χ2n) is 7.13. The molecule has 9 heteroatoms. The van der Waals surface area contributed by atoms with Gasteiger partial charge in [-0.15, -0.1) is 4.79 Å². The smallest absolute Gasteiger partial charge is 0.260 e. The van der Waals surface area contributed by atoms with E-state index in [-0.39, 0.29) is 24.0 Å². The normalized spacial score (nSPS) is 11.4. The number of nitrogens with one attached hydrogen (secondary N) is 2. The highest BCUT2D eigenvalue weighted by Crippen LogP contribution is 2.28. The number of anilines is 1. The Morgan fingerprint density at radius 2 is 2.00 bits per heavy atom. The van der Waals surface area contributed by atoms with Crippen molar-refractivity contribution < 1.29 is 9.53 Å². The average Bonchev–Trinajstić information content (AvgIpc) is 3.01. The van der Waals surface area contributed by atoms with E-state index in [1.807, 2.05) is 57.2 Å². The predicted octanol–water partition coefficient (Wildman–Crippen LogP) is 1.45. The van der Waals surface area contributed by atoms with Crippen molar-refractivity contribution in [2.75, 3.05) is 17.8 Å². The van der Waals surface area contributed by atoms with Crippen molar-refractivity contribution in [1.29, 1.82) is 0 Å². The largest absolute Gasteiger partial charge is 0.483 e. The van der Waals surface area contributed by atoms with Crippen LogP contribution in [0.1, 0.15) is 26.3 Å². The standard InChI is InChI=1S/C18H23N7O2/c1-18(2,3)21-16(26)11-27-15-9-8-12-6-4-5-7-13(12)14(15)10-20-25-17(19)22-23-24-25/h4-9,20H,10-11H2,1-3H3,(H,21,26)(H2,19,22,24). The molecule has 0 spiro atoms. The Bertz CT molecular complexity index is 946. The van der Waals surface area contributed by atoms with E-state index in [2.05, 4.69) is 26.3 Å². The van der Waals surface area contributed by atoms with Crippen LogP contribution in [0.15, 0.2) is 36.4 Å². The molecule has 1 amide bonds. The van der Waals surface area contributed by atoms with Crippen LogP contribution in [0.4, 0.5) is 5.95 Å². The van der Waals surface area contributed by atoms with Gasteiger partial charge in [0.1, 0.15) is 5.75 Å². The van der Waals surface area contributed by atoms with Crippen LogP contribution < -0.4 is 21.2 Å². The molecule has 0 fully saturated rings. The quantitative estimate of drug-likeness (QED) is 0.601. The zero-order chi connectivity index (χ0) is 19.4. The molecule has 1 aromatic heterocycles. The summed E-state index contributed by atoms with van der Waals surface area (Å²) in [7, 11) is 0. The van der Waals surface area contributed by atoms with E-state index in [1.54, 1.807) is 0 Å². The van der Waals surface area contributed by atoms with Gasteiger partial charge in [0.2, 0.25) is 0 Å². The van der Waals surface area contributed by atoms with E-state index in [0.717, 1.165) is 16.3 Å². The third-order valence-corrected chi connectivity index (χ3v) is 3.77. The summed E-state index contributed by atoms with van der Waals surface area (Å²) in [6.07, 6.45) is 0. The third-order valence-electron chi connectivity index (χ3n) is 3.77. The highest BCUT2D eigenvalue weighted by Gasteiger charge is 2.16. The Morgan fingerprint density at radius 3 is 2.70 bits per heavy atom. The minimum atomic E-state index is -0.314. The van der Waals surface area contributed by atoms with Crippen LogP contribution in [0.25, 0.3) is 10.8 Å². The van der Waals surface area contributed by atoms with Crippen LogP contribution in [0.5, 0.6) is 5.75 Å². The first-order valence-electron chi connectivity index (χ1n) is 8.56. The Morgan fingerprint density at radius 1 is 1.22 bits per heavy atom. The molecule has 0 atom stereocenters. The summed E-state index contributed by atoms with van der Waals surface area (Å²) in [6.45, 7) is 6.06. The van der Waals surface area contributed by atoms with E-state index in [9.17, 15) is 4.79 Å². The maximum atomic E-state index is 12.1. The maximum absolute atomic E-state index is 12.1. The molecule has 0 aliphatic heterocycles. The first-order chi connectivity index (χ1) is 12.8. The second kappa shape index (κ2) is 7.48. The van der Waals surface area contributed by atoms with E-state index in [0.29, 0.717) is 12.3 Å². The fourth-order valence-electron chi connectivity index (χ4n) is 2.69. The lowest BCUT2D eigenvalue weighted by molar-refractivity contribution is -0.124. The van der Waals surface area contributed by atoms with Gasteiger partial charge in [0, 0.05) is 11.1 Å². The zero-order valence-corrected chi connectivity index (χ0v) is 15.6. The molecule has 0 saturated carbocycles. The van der Waals surface area contributed by atoms with Crippen LogP contribution in [-0.4, -0.2) is 38.4 Å². The van der Waals surface area contributed by atoms with Gasteiger partial charge < -0.3 is 21.2 Å². The van der Waals surface area contributed by atoms with Gasteiger partial charge in [0.15, 0.2) is 6.61 Å². The molecule has 9 nitrogen and oxygen atoms in total. The van der Waals surface area contributed by atoms with Crippen molar-refractivity contribution in [3.8, 4) is 5.75 Å². The van der Waals surface area contributed by atoms with Crippen molar-refractivity contribution >= 4 is 22.6 Å². The first kappa shape index (κ1) is 18.4. The Hall–Kier alpha value is -3.36. The first-order valence-corrected chi connectivity index (χ1v) is 8.56. The molecule has 1 heterocycles. The minimum absolute atomic E-state index is 0.0738. The fourth-order valence-corrected chi connectivity index (χ4v) is 2.69. The molecule has 0 aliphatic carbocycles. The molecule has 3 rings (SSSR count). The maximum Gasteiger partial charge on any atom is 0.260 e. The highest BCUT2D eigenvalue weighted by atomic mass is 16.5. The molecule has 0 saturated heterocycles. The molecule has 0 unspecified atom stereocenters. The SMILES string of the molecule is CC(C)(C)NC(=O)COc1ccc2ccccc2c1CNn1nnnc1N. The molecule has 142 valence electrons. The zero-order valence-electron chi connectivity index (χ0n) is 15.6. The lowest BCUT2D eigenvalue weighted by atomic mass is 10.0. The average molecular weight is 369 g/mol. The molecule has 4 N–H and O–H groups in total. The number of nitrogens with two attached hydrogens (primary N) is 1. The van der Waals surface area contributed by atoms with Gasteiger partial charge in [-0.1, -0.05) is 35.4 Å². The van der Waals surface area contributed by atoms with Crippen molar-refractivity contribution in [3.63, 3.8) is 0 Å². The van der Waals surface area contributed by atoms with E-state index >= 15 is 0 Å². The van der Waals surface area contributed by atoms with Crippen LogP contribution in [0, 0.1) is 0 Å². The number of amides is 1. The lowest BCUT2D eigenvalue weighted by Gasteiger charge is -2.21. The van der Waals surface area contributed by atoms with Crippen molar-refractivity contribution in [1.82, 2.24) is 25.6 Å². The van der Waals surface area contributed by atoms with E-state index < -0.39 is 0 Å². The number of hydrogen-bond acceptors (Lipinski definition) is 7. The van der Waals surface area contributed by atoms with Gasteiger partial charge in [-0.2, -0.15) is 0 Å². The molecule has 0 bridgehead atoms. The van der Waals surface area contributed by atoms with Gasteiger partial charge in [0.25, 0.3) is 11.9 Å². The van der Waals surface area contributed by atoms with Crippen molar-refractivity contribution in [3.05, 3.63) is 42.0 Å². The van der Waals surface area contributed by atoms with Crippen LogP contribution in [0.2, 0.25) is 0 Å². The Labute approximate surface area is 156 Å². The topological polar surface area (TPSA) is 120 Å². The number of aromatic nitrogens is 4. The fraction of sp³-hybridized carbons (Fsp3) is 0.333. The third kappa shape index (κ3) is 4.63. The Balaban J connectivity index is 1.83. The summed E-state index contributed by atoms with van der Waals surface area (Å²) in [4.78, 5) is 13.4. The number of nitrogen functional groups attached to an aromatic ring is 1. The number of ether oxygens (including phenoxy) is 1. The van der Waals surface area contributed by atoms with Gasteiger partial charge in [-0.3, -0.25) is 4.79 Å². The molecule has 3 aromatic rings. The van der Waals surface area contributed by atoms with Gasteiger partial charge in [0.05, 0.1) is 6.54 Å². The predicted molar refractivity (Wildman–Crippen MR) is 103 cm³/mol. The number of rotatable bonds is 6. The molecule has 0 aliphatic rings. The summed E-state index contributed by atoms with van der Waals surface area (Å²) in [5.41, 5.74) is 9.30. The van der Waals surface area contributed by atoms with E-state index in [4.69, 9.17) is 10.5 Å². The summed E-state index contributed by atoms with van der Waals surface area (Å²) in [5, 5.41) is 15.9. The number of hydrogen-bond donors (Lipinski definition) is 3. The molecule has 0 radical (unpaired) electrons. The minimum Gasteiger partial charge on any atom is -0.483 e. The second-order valence-corrected chi connectivity index (χ2v) is 7.13. The molecular weight excluding hydrogens is 346 g/mol. The lowest BCUT2D eigenvalue weighted by Crippen LogP contribution is -2.43. The van der Waals surface area contributed by atoms with Gasteiger partial charge >= 0.3 is 0 Å². The van der Waals surface area contributed by atoms with Crippen LogP contribution >= 0.6 is 0 Å². The van der Waals surface area contributed by atoms with Crippen molar-refractivity contribution in [2.45, 2.75) is 32.9 Å². The van der Waals surface area contributed by atoms with Crippen molar-refractivity contribution in [2.24, 2.45) is 0 Å². The molecular formula is C18H23N7O2. The number of carbonyl (C=O) groups is 1.